The number of rotatable bonds is 7. The molecule has 0 spiro atoms. The van der Waals surface area contributed by atoms with E-state index >= 15 is 0 Å². The molecule has 8 heteroatoms. The van der Waals surface area contributed by atoms with E-state index in [0.717, 1.165) is 51.5 Å². The van der Waals surface area contributed by atoms with Gasteiger partial charge in [0.15, 0.2) is 0 Å². The van der Waals surface area contributed by atoms with Crippen LogP contribution in [0.1, 0.15) is 16.7 Å². The highest BCUT2D eigenvalue weighted by atomic mass is 32.2. The highest BCUT2D eigenvalue weighted by Crippen LogP contribution is 2.42. The number of nitrogens with zero attached hydrogens (tertiary/aromatic N) is 2. The third-order valence-corrected chi connectivity index (χ3v) is 8.36. The minimum Gasteiger partial charge on any atom is -0.497 e. The number of benzene rings is 4. The van der Waals surface area contributed by atoms with Crippen molar-refractivity contribution >= 4 is 63.3 Å². The van der Waals surface area contributed by atoms with Gasteiger partial charge in [0.2, 0.25) is 0 Å². The number of aliphatic carboxylic acids is 1. The van der Waals surface area contributed by atoms with Gasteiger partial charge in [0, 0.05) is 17.1 Å². The van der Waals surface area contributed by atoms with Crippen LogP contribution < -0.4 is 9.64 Å². The van der Waals surface area contributed by atoms with Crippen molar-refractivity contribution in [1.29, 1.82) is 0 Å². The van der Waals surface area contributed by atoms with Crippen LogP contribution in [0.3, 0.4) is 0 Å². The minimum atomic E-state index is -1.10. The molecule has 0 radical (unpaired) electrons. The number of methoxy groups -OCH3 is 1. The number of hydrogen-bond donors (Lipinski definition) is 1. The zero-order valence-corrected chi connectivity index (χ0v) is 23.2. The highest BCUT2D eigenvalue weighted by molar-refractivity contribution is 8.26. The molecule has 0 atom stereocenters. The number of carbonyl (C=O) groups excluding carboxylic acids is 1. The molecule has 6 nitrogen and oxygen atoms in total. The van der Waals surface area contributed by atoms with Crippen LogP contribution in [0.4, 0.5) is 17.1 Å². The van der Waals surface area contributed by atoms with E-state index in [-0.39, 0.29) is 10.2 Å². The van der Waals surface area contributed by atoms with E-state index in [1.807, 2.05) is 48.5 Å². The molecule has 4 aromatic rings. The van der Waals surface area contributed by atoms with E-state index in [1.165, 1.54) is 22.3 Å². The van der Waals surface area contributed by atoms with Gasteiger partial charge >= 0.3 is 5.97 Å². The van der Waals surface area contributed by atoms with Crippen LogP contribution in [0.15, 0.2) is 95.9 Å². The average Bonchev–Trinajstić information content (AvgIpc) is 3.46. The zero-order chi connectivity index (χ0) is 27.8. The maximum Gasteiger partial charge on any atom is 0.323 e. The zero-order valence-electron chi connectivity index (χ0n) is 21.5. The summed E-state index contributed by atoms with van der Waals surface area (Å²) in [5, 5.41) is 9.09. The molecule has 1 N–H and O–H groups in total. The number of carbonyl (C=O) groups is 2. The van der Waals surface area contributed by atoms with Gasteiger partial charge in [-0.3, -0.25) is 14.5 Å². The summed E-state index contributed by atoms with van der Waals surface area (Å²) in [6.45, 7) is -0.441. The molecule has 0 saturated carbocycles. The van der Waals surface area contributed by atoms with Crippen LogP contribution in [0.5, 0.6) is 5.75 Å². The first kappa shape index (κ1) is 25.9. The maximum absolute atomic E-state index is 12.7. The normalized spacial score (nSPS) is 14.8. The third kappa shape index (κ3) is 4.87. The molecule has 1 heterocycles. The summed E-state index contributed by atoms with van der Waals surface area (Å²) in [4.78, 5) is 27.5. The molecule has 40 heavy (non-hydrogen) atoms. The first-order valence-corrected chi connectivity index (χ1v) is 13.9. The monoisotopic (exact) mass is 564 g/mol. The summed E-state index contributed by atoms with van der Waals surface area (Å²) < 4.78 is 5.63. The second-order valence-corrected chi connectivity index (χ2v) is 11.1. The van der Waals surface area contributed by atoms with Crippen LogP contribution in [0.25, 0.3) is 17.2 Å². The number of carboxylic acids is 1. The van der Waals surface area contributed by atoms with Crippen LogP contribution >= 0.6 is 24.0 Å². The van der Waals surface area contributed by atoms with Gasteiger partial charge in [-0.25, -0.2) is 0 Å². The Morgan fingerprint density at radius 2 is 1.60 bits per heavy atom. The lowest BCUT2D eigenvalue weighted by Crippen LogP contribution is -2.33. The SMILES string of the molecule is COc1ccc(N(c2ccc(C=C3SC(=S)N(CC(=O)O)C3=O)cc2)c2ccc3c(c2)Cc2ccccc2-3)cc1. The molecular weight excluding hydrogens is 540 g/mol. The standard InChI is InChI=1S/C32H24N2O4S2/c1-38-26-13-10-24(11-14-26)34(25-12-15-28-22(18-25)17-21-4-2-3-5-27(21)28)23-8-6-20(7-9-23)16-29-31(37)33(19-30(35)36)32(39)40-29/h2-16,18H,17,19H2,1H3,(H,35,36). The lowest BCUT2D eigenvalue weighted by Gasteiger charge is -2.26. The molecule has 0 unspecified atom stereocenters. The second-order valence-electron chi connectivity index (χ2n) is 9.46. The first-order chi connectivity index (χ1) is 19.4. The molecule has 0 aromatic heterocycles. The van der Waals surface area contributed by atoms with Gasteiger partial charge in [-0.1, -0.05) is 66.4 Å². The predicted octanol–water partition coefficient (Wildman–Crippen LogP) is 7.02. The van der Waals surface area contributed by atoms with Gasteiger partial charge in [0.05, 0.1) is 12.0 Å². The molecule has 1 aliphatic carbocycles. The smallest absolute Gasteiger partial charge is 0.323 e. The van der Waals surface area contributed by atoms with Crippen molar-refractivity contribution in [3.05, 3.63) is 113 Å². The molecular formula is C32H24N2O4S2. The molecule has 1 fully saturated rings. The Bertz CT molecular complexity index is 1680. The van der Waals surface area contributed by atoms with Gasteiger partial charge in [-0.2, -0.15) is 0 Å². The minimum absolute atomic E-state index is 0.250. The Morgan fingerprint density at radius 1 is 0.950 bits per heavy atom. The summed E-state index contributed by atoms with van der Waals surface area (Å²) in [6.07, 6.45) is 2.64. The Morgan fingerprint density at radius 3 is 2.30 bits per heavy atom. The lowest BCUT2D eigenvalue weighted by atomic mass is 10.0. The van der Waals surface area contributed by atoms with E-state index in [9.17, 15) is 9.59 Å². The topological polar surface area (TPSA) is 70.1 Å². The third-order valence-electron chi connectivity index (χ3n) is 6.98. The van der Waals surface area contributed by atoms with Gasteiger partial charge in [-0.05, 0) is 88.8 Å². The van der Waals surface area contributed by atoms with E-state index in [2.05, 4.69) is 47.4 Å². The predicted molar refractivity (Wildman–Crippen MR) is 163 cm³/mol. The number of carboxylic acid groups (broad SMARTS) is 1. The molecule has 1 amide bonds. The van der Waals surface area contributed by atoms with Crippen molar-refractivity contribution < 1.29 is 19.4 Å². The van der Waals surface area contributed by atoms with Gasteiger partial charge in [0.1, 0.15) is 16.6 Å². The Kier molecular flexibility index (Phi) is 6.88. The summed E-state index contributed by atoms with van der Waals surface area (Å²) >= 11 is 6.33. The van der Waals surface area contributed by atoms with Crippen LogP contribution in [-0.4, -0.2) is 39.9 Å². The number of hydrogen-bond acceptors (Lipinski definition) is 6. The molecule has 0 bridgehead atoms. The fourth-order valence-electron chi connectivity index (χ4n) is 5.09. The van der Waals surface area contributed by atoms with Gasteiger partial charge < -0.3 is 14.7 Å². The van der Waals surface area contributed by atoms with Crippen molar-refractivity contribution in [2.45, 2.75) is 6.42 Å². The number of ether oxygens (including phenoxy) is 1. The van der Waals surface area contributed by atoms with Crippen molar-refractivity contribution in [3.63, 3.8) is 0 Å². The van der Waals surface area contributed by atoms with Crippen molar-refractivity contribution in [3.8, 4) is 16.9 Å². The molecule has 198 valence electrons. The first-order valence-electron chi connectivity index (χ1n) is 12.6. The van der Waals surface area contributed by atoms with Crippen LogP contribution in [-0.2, 0) is 16.0 Å². The Hall–Kier alpha value is -4.40. The highest BCUT2D eigenvalue weighted by Gasteiger charge is 2.33. The number of amides is 1. The number of fused-ring (bicyclic) bond motifs is 3. The molecule has 1 aliphatic heterocycles. The quantitative estimate of drug-likeness (QED) is 0.168. The van der Waals surface area contributed by atoms with Crippen molar-refractivity contribution in [1.82, 2.24) is 4.90 Å². The fraction of sp³-hybridized carbons (Fsp3) is 0.0938. The summed E-state index contributed by atoms with van der Waals surface area (Å²) in [6, 6.07) is 31.0. The fourth-order valence-corrected chi connectivity index (χ4v) is 6.35. The van der Waals surface area contributed by atoms with E-state index in [0.29, 0.717) is 4.91 Å². The second kappa shape index (κ2) is 10.6. The molecule has 6 rings (SSSR count). The lowest BCUT2D eigenvalue weighted by molar-refractivity contribution is -0.140. The van der Waals surface area contributed by atoms with E-state index in [1.54, 1.807) is 13.2 Å². The largest absolute Gasteiger partial charge is 0.497 e. The van der Waals surface area contributed by atoms with Crippen LogP contribution in [0.2, 0.25) is 0 Å². The van der Waals surface area contributed by atoms with Crippen LogP contribution in [0, 0.1) is 0 Å². The summed E-state index contributed by atoms with van der Waals surface area (Å²) in [5.74, 6) is -0.708. The van der Waals surface area contributed by atoms with Crippen molar-refractivity contribution in [2.24, 2.45) is 0 Å². The van der Waals surface area contributed by atoms with E-state index in [4.69, 9.17) is 22.1 Å². The van der Waals surface area contributed by atoms with Crippen molar-refractivity contribution in [2.75, 3.05) is 18.6 Å². The van der Waals surface area contributed by atoms with E-state index < -0.39 is 12.5 Å². The van der Waals surface area contributed by atoms with Gasteiger partial charge in [0.25, 0.3) is 5.91 Å². The summed E-state index contributed by atoms with van der Waals surface area (Å²) in [7, 11) is 1.65. The molecule has 2 aliphatic rings. The maximum atomic E-state index is 12.7. The Balaban J connectivity index is 1.34. The average molecular weight is 565 g/mol. The van der Waals surface area contributed by atoms with Gasteiger partial charge in [-0.15, -0.1) is 0 Å². The number of thioether (sulfide) groups is 1. The molecule has 1 saturated heterocycles. The number of anilines is 3. The Labute approximate surface area is 241 Å². The summed E-state index contributed by atoms with van der Waals surface area (Å²) in [5.41, 5.74) is 8.98. The number of thiocarbonyl (C=S) groups is 1. The molecule has 4 aromatic carbocycles.